The molecule has 2 aromatic rings. The van der Waals surface area contributed by atoms with E-state index in [1.165, 1.54) is 6.07 Å². The highest BCUT2D eigenvalue weighted by molar-refractivity contribution is 14.1. The van der Waals surface area contributed by atoms with Gasteiger partial charge in [-0.15, -0.1) is 0 Å². The molecule has 0 bridgehead atoms. The van der Waals surface area contributed by atoms with Gasteiger partial charge in [0.05, 0.1) is 20.8 Å². The molecule has 2 nitrogen and oxygen atoms in total. The lowest BCUT2D eigenvalue weighted by Crippen LogP contribution is -2.00. The van der Waals surface area contributed by atoms with E-state index < -0.39 is 0 Å². The molecule has 0 fully saturated rings. The van der Waals surface area contributed by atoms with Crippen LogP contribution in [0.3, 0.4) is 0 Å². The Morgan fingerprint density at radius 1 is 1.47 bits per heavy atom. The van der Waals surface area contributed by atoms with Gasteiger partial charge in [0.2, 0.25) is 0 Å². The lowest BCUT2D eigenvalue weighted by Gasteiger charge is -2.02. The average molecular weight is 381 g/mol. The van der Waals surface area contributed by atoms with E-state index in [-0.39, 0.29) is 5.82 Å². The van der Waals surface area contributed by atoms with Gasteiger partial charge in [0, 0.05) is 6.20 Å². The summed E-state index contributed by atoms with van der Waals surface area (Å²) in [7, 11) is 0. The van der Waals surface area contributed by atoms with Crippen LogP contribution in [-0.2, 0) is 6.54 Å². The quantitative estimate of drug-likeness (QED) is 0.730. The Bertz CT molecular complexity index is 484. The number of nitrogens with zero attached hydrogens (tertiary/aromatic N) is 2. The summed E-state index contributed by atoms with van der Waals surface area (Å²) in [4.78, 5) is 0. The maximum atomic E-state index is 13.0. The summed E-state index contributed by atoms with van der Waals surface area (Å²) in [6.07, 6.45) is 3.73. The third kappa shape index (κ3) is 2.78. The molecule has 0 spiro atoms. The number of benzene rings is 1. The van der Waals surface area contributed by atoms with Crippen LogP contribution in [0.15, 0.2) is 35.1 Å². The van der Waals surface area contributed by atoms with Crippen molar-refractivity contribution in [2.75, 3.05) is 0 Å². The van der Waals surface area contributed by atoms with Gasteiger partial charge in [-0.3, -0.25) is 4.68 Å². The van der Waals surface area contributed by atoms with Gasteiger partial charge in [0.1, 0.15) is 5.82 Å². The fourth-order valence-electron chi connectivity index (χ4n) is 1.25. The fourth-order valence-corrected chi connectivity index (χ4v) is 2.12. The Balaban J connectivity index is 2.21. The van der Waals surface area contributed by atoms with E-state index in [0.717, 1.165) is 9.13 Å². The Morgan fingerprint density at radius 2 is 2.27 bits per heavy atom. The van der Waals surface area contributed by atoms with Crippen molar-refractivity contribution in [3.63, 3.8) is 0 Å². The SMILES string of the molecule is Fc1ccc(Cn2cc(I)cn2)cc1Br. The highest BCUT2D eigenvalue weighted by Gasteiger charge is 2.02. The van der Waals surface area contributed by atoms with Crippen LogP contribution in [0.2, 0.25) is 0 Å². The average Bonchev–Trinajstić information content (AvgIpc) is 2.58. The van der Waals surface area contributed by atoms with Crippen LogP contribution >= 0.6 is 38.5 Å². The van der Waals surface area contributed by atoms with E-state index in [2.05, 4.69) is 43.6 Å². The van der Waals surface area contributed by atoms with Gasteiger partial charge in [0.25, 0.3) is 0 Å². The van der Waals surface area contributed by atoms with Crippen molar-refractivity contribution in [2.24, 2.45) is 0 Å². The lowest BCUT2D eigenvalue weighted by atomic mass is 10.2. The van der Waals surface area contributed by atoms with E-state index in [1.807, 2.05) is 10.9 Å². The van der Waals surface area contributed by atoms with Crippen LogP contribution in [0.4, 0.5) is 4.39 Å². The molecule has 0 aliphatic carbocycles. The van der Waals surface area contributed by atoms with Crippen LogP contribution in [0.1, 0.15) is 5.56 Å². The minimum absolute atomic E-state index is 0.242. The standard InChI is InChI=1S/C10H7BrFIN2/c11-9-3-7(1-2-10(9)12)5-15-6-8(13)4-14-15/h1-4,6H,5H2. The normalized spacial score (nSPS) is 10.6. The molecule has 0 saturated heterocycles. The molecule has 0 atom stereocenters. The first-order chi connectivity index (χ1) is 7.15. The molecule has 0 N–H and O–H groups in total. The summed E-state index contributed by atoms with van der Waals surface area (Å²) in [5.41, 5.74) is 1.02. The monoisotopic (exact) mass is 380 g/mol. The molecule has 0 saturated carbocycles. The molecule has 1 heterocycles. The molecule has 1 aromatic heterocycles. The van der Waals surface area contributed by atoms with Gasteiger partial charge in [-0.05, 0) is 56.2 Å². The molecular formula is C10H7BrFIN2. The summed E-state index contributed by atoms with van der Waals surface area (Å²) in [5, 5.41) is 4.16. The molecule has 0 unspecified atom stereocenters. The zero-order valence-corrected chi connectivity index (χ0v) is 11.4. The fraction of sp³-hybridized carbons (Fsp3) is 0.100. The minimum atomic E-state index is -0.242. The smallest absolute Gasteiger partial charge is 0.137 e. The second kappa shape index (κ2) is 4.61. The highest BCUT2D eigenvalue weighted by atomic mass is 127. The second-order valence-electron chi connectivity index (χ2n) is 3.10. The Morgan fingerprint density at radius 3 is 2.87 bits per heavy atom. The summed E-state index contributed by atoms with van der Waals surface area (Å²) in [5.74, 6) is -0.242. The topological polar surface area (TPSA) is 17.8 Å². The molecule has 0 aliphatic rings. The Labute approximate surface area is 109 Å². The van der Waals surface area contributed by atoms with E-state index in [4.69, 9.17) is 0 Å². The van der Waals surface area contributed by atoms with Gasteiger partial charge < -0.3 is 0 Å². The van der Waals surface area contributed by atoms with Crippen molar-refractivity contribution < 1.29 is 4.39 Å². The Hall–Kier alpha value is -0.430. The molecule has 0 amide bonds. The van der Waals surface area contributed by atoms with E-state index in [0.29, 0.717) is 11.0 Å². The molecule has 0 aliphatic heterocycles. The first-order valence-electron chi connectivity index (χ1n) is 4.27. The van der Waals surface area contributed by atoms with Crippen molar-refractivity contribution in [2.45, 2.75) is 6.54 Å². The number of halogens is 3. The molecule has 1 aromatic carbocycles. The molecule has 5 heteroatoms. The second-order valence-corrected chi connectivity index (χ2v) is 5.20. The summed E-state index contributed by atoms with van der Waals surface area (Å²) >= 11 is 5.36. The van der Waals surface area contributed by atoms with E-state index in [1.54, 1.807) is 18.3 Å². The third-order valence-corrected chi connectivity index (χ3v) is 3.10. The van der Waals surface area contributed by atoms with Crippen molar-refractivity contribution in [1.82, 2.24) is 9.78 Å². The van der Waals surface area contributed by atoms with Crippen molar-refractivity contribution in [3.05, 3.63) is 50.0 Å². The maximum Gasteiger partial charge on any atom is 0.137 e. The predicted molar refractivity (Wildman–Crippen MR) is 68.1 cm³/mol. The number of rotatable bonds is 2. The largest absolute Gasteiger partial charge is 0.267 e. The van der Waals surface area contributed by atoms with Crippen LogP contribution in [-0.4, -0.2) is 9.78 Å². The van der Waals surface area contributed by atoms with Crippen molar-refractivity contribution in [3.8, 4) is 0 Å². The van der Waals surface area contributed by atoms with Crippen LogP contribution in [0, 0.1) is 9.39 Å². The van der Waals surface area contributed by atoms with Crippen LogP contribution < -0.4 is 0 Å². The molecule has 15 heavy (non-hydrogen) atoms. The van der Waals surface area contributed by atoms with Gasteiger partial charge >= 0.3 is 0 Å². The van der Waals surface area contributed by atoms with E-state index >= 15 is 0 Å². The van der Waals surface area contributed by atoms with E-state index in [9.17, 15) is 4.39 Å². The number of hydrogen-bond donors (Lipinski definition) is 0. The number of hydrogen-bond acceptors (Lipinski definition) is 1. The molecule has 78 valence electrons. The Kier molecular flexibility index (Phi) is 3.40. The highest BCUT2D eigenvalue weighted by Crippen LogP contribution is 2.17. The predicted octanol–water partition coefficient (Wildman–Crippen LogP) is 3.44. The zero-order valence-electron chi connectivity index (χ0n) is 7.62. The van der Waals surface area contributed by atoms with Gasteiger partial charge in [-0.2, -0.15) is 5.10 Å². The summed E-state index contributed by atoms with van der Waals surface area (Å²) in [6, 6.07) is 4.98. The first kappa shape index (κ1) is 11.1. The van der Waals surface area contributed by atoms with Crippen molar-refractivity contribution in [1.29, 1.82) is 0 Å². The van der Waals surface area contributed by atoms with Gasteiger partial charge in [0.15, 0.2) is 0 Å². The third-order valence-electron chi connectivity index (χ3n) is 1.93. The van der Waals surface area contributed by atoms with Crippen LogP contribution in [0.5, 0.6) is 0 Å². The maximum absolute atomic E-state index is 13.0. The zero-order chi connectivity index (χ0) is 10.8. The summed E-state index contributed by atoms with van der Waals surface area (Å²) in [6.45, 7) is 0.655. The lowest BCUT2D eigenvalue weighted by molar-refractivity contribution is 0.617. The van der Waals surface area contributed by atoms with Gasteiger partial charge in [-0.1, -0.05) is 6.07 Å². The molecular weight excluding hydrogens is 374 g/mol. The van der Waals surface area contributed by atoms with Crippen LogP contribution in [0.25, 0.3) is 0 Å². The molecule has 0 radical (unpaired) electrons. The number of aromatic nitrogens is 2. The minimum Gasteiger partial charge on any atom is -0.267 e. The van der Waals surface area contributed by atoms with Gasteiger partial charge in [-0.25, -0.2) is 4.39 Å². The molecule has 2 rings (SSSR count). The van der Waals surface area contributed by atoms with Crippen molar-refractivity contribution >= 4 is 38.5 Å². The summed E-state index contributed by atoms with van der Waals surface area (Å²) < 4.78 is 16.4. The first-order valence-corrected chi connectivity index (χ1v) is 6.14.